The molecular formula is C8H8Cl2S2. The molecule has 0 aliphatic carbocycles. The number of benzene rings is 1. The molecule has 0 saturated heterocycles. The average molecular weight is 239 g/mol. The standard InChI is InChI=1S/C8H8Cl2S2/c1-2-11-12-8-4-6(9)3-7(10)5-8/h3-5H,2H2,1H3. The van der Waals surface area contributed by atoms with Crippen molar-refractivity contribution in [3.63, 3.8) is 0 Å². The summed E-state index contributed by atoms with van der Waals surface area (Å²) in [5, 5.41) is 1.39. The van der Waals surface area contributed by atoms with Gasteiger partial charge in [0.25, 0.3) is 0 Å². The van der Waals surface area contributed by atoms with Crippen LogP contribution in [0.3, 0.4) is 0 Å². The second-order valence-electron chi connectivity index (χ2n) is 2.10. The van der Waals surface area contributed by atoms with Crippen LogP contribution in [0.1, 0.15) is 6.92 Å². The molecule has 0 aromatic heterocycles. The Labute approximate surface area is 90.4 Å². The van der Waals surface area contributed by atoms with Crippen molar-refractivity contribution in [2.75, 3.05) is 5.75 Å². The molecule has 0 aliphatic rings. The Balaban J connectivity index is 2.72. The summed E-state index contributed by atoms with van der Waals surface area (Å²) in [7, 11) is 3.47. The van der Waals surface area contributed by atoms with E-state index >= 15 is 0 Å². The summed E-state index contributed by atoms with van der Waals surface area (Å²) in [5.41, 5.74) is 0. The summed E-state index contributed by atoms with van der Waals surface area (Å²) in [6.45, 7) is 2.11. The fourth-order valence-electron chi connectivity index (χ4n) is 0.704. The second-order valence-corrected chi connectivity index (χ2v) is 5.63. The van der Waals surface area contributed by atoms with Crippen LogP contribution in [0.2, 0.25) is 10.0 Å². The molecule has 0 spiro atoms. The van der Waals surface area contributed by atoms with Crippen LogP contribution in [-0.4, -0.2) is 5.75 Å². The van der Waals surface area contributed by atoms with Crippen LogP contribution in [0.4, 0.5) is 0 Å². The molecule has 1 aromatic carbocycles. The van der Waals surface area contributed by atoms with Crippen LogP contribution in [0.15, 0.2) is 23.1 Å². The third-order valence-electron chi connectivity index (χ3n) is 1.11. The smallest absolute Gasteiger partial charge is 0.0432 e. The minimum Gasteiger partial charge on any atom is -0.0892 e. The third kappa shape index (κ3) is 3.48. The minimum absolute atomic E-state index is 0.696. The van der Waals surface area contributed by atoms with Crippen molar-refractivity contribution in [3.8, 4) is 0 Å². The van der Waals surface area contributed by atoms with E-state index < -0.39 is 0 Å². The van der Waals surface area contributed by atoms with E-state index in [0.717, 1.165) is 10.6 Å². The molecule has 0 fully saturated rings. The Morgan fingerprint density at radius 2 is 1.75 bits per heavy atom. The topological polar surface area (TPSA) is 0 Å². The zero-order valence-corrected chi connectivity index (χ0v) is 9.66. The maximum atomic E-state index is 5.82. The van der Waals surface area contributed by atoms with Crippen molar-refractivity contribution in [1.29, 1.82) is 0 Å². The van der Waals surface area contributed by atoms with Crippen LogP contribution in [-0.2, 0) is 0 Å². The lowest BCUT2D eigenvalue weighted by molar-refractivity contribution is 1.47. The second kappa shape index (κ2) is 5.28. The molecule has 0 aliphatic heterocycles. The van der Waals surface area contributed by atoms with E-state index in [1.165, 1.54) is 0 Å². The molecule has 1 aromatic rings. The first kappa shape index (κ1) is 10.6. The van der Waals surface area contributed by atoms with Crippen molar-refractivity contribution in [1.82, 2.24) is 0 Å². The van der Waals surface area contributed by atoms with Crippen molar-refractivity contribution < 1.29 is 0 Å². The lowest BCUT2D eigenvalue weighted by atomic mass is 10.4. The number of halogens is 2. The molecule has 0 bridgehead atoms. The molecule has 1 rings (SSSR count). The Kier molecular flexibility index (Phi) is 4.65. The third-order valence-corrected chi connectivity index (χ3v) is 3.97. The van der Waals surface area contributed by atoms with E-state index in [2.05, 4.69) is 6.92 Å². The molecule has 12 heavy (non-hydrogen) atoms. The van der Waals surface area contributed by atoms with Crippen molar-refractivity contribution >= 4 is 44.8 Å². The van der Waals surface area contributed by atoms with E-state index in [4.69, 9.17) is 23.2 Å². The first-order valence-corrected chi connectivity index (χ1v) is 6.55. The highest BCUT2D eigenvalue weighted by molar-refractivity contribution is 8.76. The van der Waals surface area contributed by atoms with Gasteiger partial charge in [-0.05, 0) is 18.2 Å². The van der Waals surface area contributed by atoms with Gasteiger partial charge in [0, 0.05) is 20.7 Å². The van der Waals surface area contributed by atoms with Gasteiger partial charge in [0.15, 0.2) is 0 Å². The van der Waals surface area contributed by atoms with Gasteiger partial charge in [0.05, 0.1) is 0 Å². The number of hydrogen-bond donors (Lipinski definition) is 0. The molecule has 0 amide bonds. The molecule has 0 radical (unpaired) electrons. The summed E-state index contributed by atoms with van der Waals surface area (Å²) < 4.78 is 0. The first-order valence-electron chi connectivity index (χ1n) is 3.48. The zero-order valence-electron chi connectivity index (χ0n) is 6.51. The van der Waals surface area contributed by atoms with Crippen LogP contribution in [0, 0.1) is 0 Å². The van der Waals surface area contributed by atoms with Crippen molar-refractivity contribution in [2.45, 2.75) is 11.8 Å². The lowest BCUT2D eigenvalue weighted by Gasteiger charge is -2.00. The van der Waals surface area contributed by atoms with Crippen LogP contribution in [0.25, 0.3) is 0 Å². The fourth-order valence-corrected chi connectivity index (χ4v) is 3.01. The molecule has 0 atom stereocenters. The number of hydrogen-bond acceptors (Lipinski definition) is 2. The highest BCUT2D eigenvalue weighted by Gasteiger charge is 1.98. The Bertz CT molecular complexity index is 243. The molecule has 0 nitrogen and oxygen atoms in total. The summed E-state index contributed by atoms with van der Waals surface area (Å²) >= 11 is 11.6. The normalized spacial score (nSPS) is 10.2. The van der Waals surface area contributed by atoms with Gasteiger partial charge in [-0.1, -0.05) is 51.7 Å². The molecule has 66 valence electrons. The average Bonchev–Trinajstić information content (AvgIpc) is 1.99. The van der Waals surface area contributed by atoms with Gasteiger partial charge < -0.3 is 0 Å². The van der Waals surface area contributed by atoms with Gasteiger partial charge in [0.2, 0.25) is 0 Å². The van der Waals surface area contributed by atoms with E-state index in [1.54, 1.807) is 27.7 Å². The summed E-state index contributed by atoms with van der Waals surface area (Å²) in [5.74, 6) is 1.08. The minimum atomic E-state index is 0.696. The summed E-state index contributed by atoms with van der Waals surface area (Å²) in [6, 6.07) is 5.57. The number of rotatable bonds is 3. The quantitative estimate of drug-likeness (QED) is 0.698. The van der Waals surface area contributed by atoms with Crippen LogP contribution in [0.5, 0.6) is 0 Å². The van der Waals surface area contributed by atoms with Crippen LogP contribution >= 0.6 is 44.8 Å². The van der Waals surface area contributed by atoms with E-state index in [0.29, 0.717) is 10.0 Å². The van der Waals surface area contributed by atoms with Gasteiger partial charge in [0.1, 0.15) is 0 Å². The zero-order chi connectivity index (χ0) is 8.97. The monoisotopic (exact) mass is 238 g/mol. The molecular weight excluding hydrogens is 231 g/mol. The van der Waals surface area contributed by atoms with Gasteiger partial charge in [-0.25, -0.2) is 0 Å². The largest absolute Gasteiger partial charge is 0.0892 e. The van der Waals surface area contributed by atoms with Gasteiger partial charge in [-0.2, -0.15) is 0 Å². The highest BCUT2D eigenvalue weighted by Crippen LogP contribution is 2.34. The molecule has 0 unspecified atom stereocenters. The molecule has 0 N–H and O–H groups in total. The summed E-state index contributed by atoms with van der Waals surface area (Å²) in [6.07, 6.45) is 0. The molecule has 0 saturated carbocycles. The van der Waals surface area contributed by atoms with Crippen LogP contribution < -0.4 is 0 Å². The SMILES string of the molecule is CCSSc1cc(Cl)cc(Cl)c1. The predicted molar refractivity (Wildman–Crippen MR) is 60.5 cm³/mol. The van der Waals surface area contributed by atoms with E-state index in [-0.39, 0.29) is 0 Å². The van der Waals surface area contributed by atoms with E-state index in [1.807, 2.05) is 12.1 Å². The molecule has 4 heteroatoms. The Morgan fingerprint density at radius 1 is 1.17 bits per heavy atom. The lowest BCUT2D eigenvalue weighted by Crippen LogP contribution is -1.71. The summed E-state index contributed by atoms with van der Waals surface area (Å²) in [4.78, 5) is 1.11. The maximum absolute atomic E-state index is 5.82. The fraction of sp³-hybridized carbons (Fsp3) is 0.250. The predicted octanol–water partition coefficient (Wildman–Crippen LogP) is 4.75. The maximum Gasteiger partial charge on any atom is 0.0432 e. The van der Waals surface area contributed by atoms with Crippen molar-refractivity contribution in [2.24, 2.45) is 0 Å². The Morgan fingerprint density at radius 3 is 2.25 bits per heavy atom. The van der Waals surface area contributed by atoms with E-state index in [9.17, 15) is 0 Å². The van der Waals surface area contributed by atoms with Gasteiger partial charge in [-0.3, -0.25) is 0 Å². The van der Waals surface area contributed by atoms with Gasteiger partial charge in [-0.15, -0.1) is 0 Å². The van der Waals surface area contributed by atoms with Crippen molar-refractivity contribution in [3.05, 3.63) is 28.2 Å². The Hall–Kier alpha value is 0.500. The van der Waals surface area contributed by atoms with Gasteiger partial charge >= 0.3 is 0 Å². The highest BCUT2D eigenvalue weighted by atomic mass is 35.5. The molecule has 0 heterocycles. The first-order chi connectivity index (χ1) is 5.72.